The van der Waals surface area contributed by atoms with Gasteiger partial charge in [0.2, 0.25) is 10.0 Å². The van der Waals surface area contributed by atoms with Crippen molar-refractivity contribution in [2.24, 2.45) is 5.73 Å². The third-order valence-electron chi connectivity index (χ3n) is 3.15. The second-order valence-corrected chi connectivity index (χ2v) is 6.18. The summed E-state index contributed by atoms with van der Waals surface area (Å²) in [5, 5.41) is 0. The van der Waals surface area contributed by atoms with Crippen LogP contribution < -0.4 is 15.2 Å². The summed E-state index contributed by atoms with van der Waals surface area (Å²) in [4.78, 5) is 0.123. The summed E-state index contributed by atoms with van der Waals surface area (Å²) in [6, 6.07) is 14.0. The standard InChI is InChI=1S/C15H18N2O3S/c1-20-14-8-4-5-9-15(14)21(18,19)17-11-13-7-3-2-6-12(13)10-16/h2-9,17H,10-11,16H2,1H3. The van der Waals surface area contributed by atoms with Crippen molar-refractivity contribution in [2.45, 2.75) is 18.0 Å². The highest BCUT2D eigenvalue weighted by Gasteiger charge is 2.18. The van der Waals surface area contributed by atoms with Gasteiger partial charge in [-0.3, -0.25) is 0 Å². The highest BCUT2D eigenvalue weighted by Crippen LogP contribution is 2.22. The van der Waals surface area contributed by atoms with E-state index < -0.39 is 10.0 Å². The van der Waals surface area contributed by atoms with Crippen LogP contribution in [0.5, 0.6) is 5.75 Å². The first-order chi connectivity index (χ1) is 10.1. The summed E-state index contributed by atoms with van der Waals surface area (Å²) < 4.78 is 32.4. The van der Waals surface area contributed by atoms with Crippen LogP contribution >= 0.6 is 0 Å². The maximum absolute atomic E-state index is 12.4. The van der Waals surface area contributed by atoms with E-state index in [4.69, 9.17) is 10.5 Å². The molecular formula is C15H18N2O3S. The molecule has 0 saturated carbocycles. The monoisotopic (exact) mass is 306 g/mol. The Morgan fingerprint density at radius 1 is 1.05 bits per heavy atom. The number of rotatable bonds is 6. The van der Waals surface area contributed by atoms with Gasteiger partial charge in [-0.1, -0.05) is 36.4 Å². The fraction of sp³-hybridized carbons (Fsp3) is 0.200. The van der Waals surface area contributed by atoms with Gasteiger partial charge in [-0.15, -0.1) is 0 Å². The van der Waals surface area contributed by atoms with Gasteiger partial charge in [0.05, 0.1) is 7.11 Å². The molecule has 21 heavy (non-hydrogen) atoms. The van der Waals surface area contributed by atoms with Crippen molar-refractivity contribution < 1.29 is 13.2 Å². The number of nitrogens with one attached hydrogen (secondary N) is 1. The fourth-order valence-corrected chi connectivity index (χ4v) is 3.20. The van der Waals surface area contributed by atoms with Gasteiger partial charge in [-0.2, -0.15) is 0 Å². The Labute approximate surface area is 124 Å². The molecule has 2 aromatic carbocycles. The van der Waals surface area contributed by atoms with Crippen molar-refractivity contribution in [3.05, 3.63) is 59.7 Å². The lowest BCUT2D eigenvalue weighted by Gasteiger charge is -2.12. The SMILES string of the molecule is COc1ccccc1S(=O)(=O)NCc1ccccc1CN. The molecule has 0 atom stereocenters. The number of hydrogen-bond donors (Lipinski definition) is 2. The van der Waals surface area contributed by atoms with Crippen molar-refractivity contribution in [3.8, 4) is 5.75 Å². The summed E-state index contributed by atoms with van der Waals surface area (Å²) in [5.74, 6) is 0.317. The second-order valence-electron chi connectivity index (χ2n) is 4.45. The highest BCUT2D eigenvalue weighted by molar-refractivity contribution is 7.89. The number of ether oxygens (including phenoxy) is 1. The molecule has 0 saturated heterocycles. The lowest BCUT2D eigenvalue weighted by atomic mass is 10.1. The molecule has 0 aliphatic heterocycles. The van der Waals surface area contributed by atoms with Crippen LogP contribution in [0, 0.1) is 0 Å². The molecule has 5 nitrogen and oxygen atoms in total. The molecular weight excluding hydrogens is 288 g/mol. The van der Waals surface area contributed by atoms with Crippen LogP contribution in [-0.2, 0) is 23.1 Å². The molecule has 0 amide bonds. The Kier molecular flexibility index (Phi) is 4.95. The predicted molar refractivity (Wildman–Crippen MR) is 81.4 cm³/mol. The number of benzene rings is 2. The minimum atomic E-state index is -3.64. The molecule has 2 aromatic rings. The summed E-state index contributed by atoms with van der Waals surface area (Å²) in [5.41, 5.74) is 7.43. The molecule has 6 heteroatoms. The van der Waals surface area contributed by atoms with E-state index in [9.17, 15) is 8.42 Å². The molecule has 0 heterocycles. The van der Waals surface area contributed by atoms with Crippen LogP contribution in [-0.4, -0.2) is 15.5 Å². The quantitative estimate of drug-likeness (QED) is 0.850. The molecule has 3 N–H and O–H groups in total. The summed E-state index contributed by atoms with van der Waals surface area (Å²) in [6.45, 7) is 0.556. The van der Waals surface area contributed by atoms with Gasteiger partial charge in [-0.25, -0.2) is 13.1 Å². The molecule has 0 bridgehead atoms. The number of sulfonamides is 1. The first-order valence-electron chi connectivity index (χ1n) is 6.48. The summed E-state index contributed by atoms with van der Waals surface area (Å²) in [6.07, 6.45) is 0. The normalized spacial score (nSPS) is 11.3. The fourth-order valence-electron chi connectivity index (χ4n) is 2.02. The van der Waals surface area contributed by atoms with Crippen LogP contribution in [0.2, 0.25) is 0 Å². The van der Waals surface area contributed by atoms with Crippen LogP contribution in [0.4, 0.5) is 0 Å². The first kappa shape index (κ1) is 15.5. The first-order valence-corrected chi connectivity index (χ1v) is 7.96. The Hall–Kier alpha value is -1.89. The third-order valence-corrected chi connectivity index (χ3v) is 4.59. The predicted octanol–water partition coefficient (Wildman–Crippen LogP) is 1.63. The van der Waals surface area contributed by atoms with Gasteiger partial charge >= 0.3 is 0 Å². The number of para-hydroxylation sites is 1. The molecule has 0 spiro atoms. The molecule has 2 rings (SSSR count). The van der Waals surface area contributed by atoms with Crippen molar-refractivity contribution in [3.63, 3.8) is 0 Å². The average Bonchev–Trinajstić information content (AvgIpc) is 2.53. The Balaban J connectivity index is 2.22. The average molecular weight is 306 g/mol. The van der Waals surface area contributed by atoms with E-state index in [-0.39, 0.29) is 11.4 Å². The van der Waals surface area contributed by atoms with Gasteiger partial charge in [-0.05, 0) is 23.3 Å². The zero-order valence-corrected chi connectivity index (χ0v) is 12.6. The van der Waals surface area contributed by atoms with E-state index in [0.29, 0.717) is 12.3 Å². The molecule has 0 unspecified atom stereocenters. The Morgan fingerprint density at radius 2 is 1.67 bits per heavy atom. The van der Waals surface area contributed by atoms with E-state index in [1.807, 2.05) is 24.3 Å². The Morgan fingerprint density at radius 3 is 2.33 bits per heavy atom. The summed E-state index contributed by atoms with van der Waals surface area (Å²) >= 11 is 0. The van der Waals surface area contributed by atoms with Gasteiger partial charge in [0.25, 0.3) is 0 Å². The minimum Gasteiger partial charge on any atom is -0.495 e. The highest BCUT2D eigenvalue weighted by atomic mass is 32.2. The van der Waals surface area contributed by atoms with Gasteiger partial charge < -0.3 is 10.5 Å². The van der Waals surface area contributed by atoms with Crippen LogP contribution in [0.25, 0.3) is 0 Å². The smallest absolute Gasteiger partial charge is 0.244 e. The van der Waals surface area contributed by atoms with Gasteiger partial charge in [0.1, 0.15) is 10.6 Å². The molecule has 0 aliphatic carbocycles. The van der Waals surface area contributed by atoms with Crippen molar-refractivity contribution >= 4 is 10.0 Å². The molecule has 0 fully saturated rings. The van der Waals surface area contributed by atoms with Gasteiger partial charge in [0, 0.05) is 13.1 Å². The van der Waals surface area contributed by atoms with E-state index in [1.165, 1.54) is 13.2 Å². The zero-order valence-electron chi connectivity index (χ0n) is 11.7. The minimum absolute atomic E-state index is 0.123. The van der Waals surface area contributed by atoms with E-state index in [1.54, 1.807) is 18.2 Å². The third kappa shape index (κ3) is 3.60. The number of hydrogen-bond acceptors (Lipinski definition) is 4. The topological polar surface area (TPSA) is 81.4 Å². The maximum atomic E-state index is 12.4. The van der Waals surface area contributed by atoms with Crippen molar-refractivity contribution in [2.75, 3.05) is 7.11 Å². The van der Waals surface area contributed by atoms with Crippen LogP contribution in [0.3, 0.4) is 0 Å². The van der Waals surface area contributed by atoms with E-state index >= 15 is 0 Å². The molecule has 0 aromatic heterocycles. The lowest BCUT2D eigenvalue weighted by Crippen LogP contribution is -2.24. The number of methoxy groups -OCH3 is 1. The van der Waals surface area contributed by atoms with E-state index in [2.05, 4.69) is 4.72 Å². The largest absolute Gasteiger partial charge is 0.495 e. The maximum Gasteiger partial charge on any atom is 0.244 e. The van der Waals surface area contributed by atoms with Crippen molar-refractivity contribution in [1.29, 1.82) is 0 Å². The molecule has 112 valence electrons. The lowest BCUT2D eigenvalue weighted by molar-refractivity contribution is 0.402. The summed E-state index contributed by atoms with van der Waals surface area (Å²) in [7, 11) is -2.20. The second kappa shape index (κ2) is 6.71. The van der Waals surface area contributed by atoms with Gasteiger partial charge in [0.15, 0.2) is 0 Å². The number of nitrogens with two attached hydrogens (primary N) is 1. The zero-order chi connectivity index (χ0) is 15.3. The van der Waals surface area contributed by atoms with E-state index in [0.717, 1.165) is 11.1 Å². The molecule has 0 aliphatic rings. The van der Waals surface area contributed by atoms with Crippen molar-refractivity contribution in [1.82, 2.24) is 4.72 Å². The Bertz CT molecular complexity index is 714. The van der Waals surface area contributed by atoms with Crippen LogP contribution in [0.1, 0.15) is 11.1 Å². The van der Waals surface area contributed by atoms with Crippen LogP contribution in [0.15, 0.2) is 53.4 Å². The molecule has 0 radical (unpaired) electrons.